The lowest BCUT2D eigenvalue weighted by Gasteiger charge is -2.24. The Bertz CT molecular complexity index is 1160. The molecule has 1 amide bonds. The first-order valence-electron chi connectivity index (χ1n) is 9.54. The maximum Gasteiger partial charge on any atom is 0.226 e. The van der Waals surface area contributed by atoms with Crippen LogP contribution in [-0.2, 0) is 4.79 Å². The van der Waals surface area contributed by atoms with Gasteiger partial charge in [0.25, 0.3) is 0 Å². The summed E-state index contributed by atoms with van der Waals surface area (Å²) < 4.78 is 1.69. The van der Waals surface area contributed by atoms with Gasteiger partial charge in [0.2, 0.25) is 5.91 Å². The van der Waals surface area contributed by atoms with E-state index in [4.69, 9.17) is 11.6 Å². The molecular weight excluding hydrogens is 386 g/mol. The van der Waals surface area contributed by atoms with Crippen molar-refractivity contribution in [3.8, 4) is 5.69 Å². The minimum atomic E-state index is -0.563. The minimum absolute atomic E-state index is 0.0484. The predicted molar refractivity (Wildman–Crippen MR) is 114 cm³/mol. The largest absolute Gasteiger partial charge is 0.310 e. The van der Waals surface area contributed by atoms with Crippen LogP contribution in [0.25, 0.3) is 5.69 Å². The zero-order valence-corrected chi connectivity index (χ0v) is 17.6. The molecule has 3 aromatic rings. The average Bonchev–Trinajstić information content (AvgIpc) is 3.01. The number of anilines is 1. The summed E-state index contributed by atoms with van der Waals surface area (Å²) in [6.45, 7) is 7.66. The van der Waals surface area contributed by atoms with Gasteiger partial charge in [-0.1, -0.05) is 35.4 Å². The van der Waals surface area contributed by atoms with Crippen LogP contribution in [-0.4, -0.2) is 21.5 Å². The number of benzene rings is 2. The van der Waals surface area contributed by atoms with Crippen LogP contribution in [0.1, 0.15) is 50.6 Å². The summed E-state index contributed by atoms with van der Waals surface area (Å²) in [7, 11) is 0. The molecule has 5 nitrogen and oxygen atoms in total. The molecule has 1 aliphatic rings. The van der Waals surface area contributed by atoms with Gasteiger partial charge in [0.15, 0.2) is 5.78 Å². The van der Waals surface area contributed by atoms with Gasteiger partial charge in [0.05, 0.1) is 17.3 Å². The number of aryl methyl sites for hydroxylation is 3. The smallest absolute Gasteiger partial charge is 0.226 e. The highest BCUT2D eigenvalue weighted by Gasteiger charge is 2.37. The minimum Gasteiger partial charge on any atom is -0.310 e. The highest BCUT2D eigenvalue weighted by Crippen LogP contribution is 2.39. The zero-order chi connectivity index (χ0) is 20.9. The zero-order valence-electron chi connectivity index (χ0n) is 16.8. The molecule has 0 fully saturated rings. The van der Waals surface area contributed by atoms with E-state index >= 15 is 0 Å². The van der Waals surface area contributed by atoms with Crippen LogP contribution in [0.5, 0.6) is 0 Å². The van der Waals surface area contributed by atoms with Crippen molar-refractivity contribution in [3.63, 3.8) is 0 Å². The monoisotopic (exact) mass is 407 g/mol. The number of ketones is 1. The number of Topliss-reactive ketones (excluding diaryl/α,β-unsaturated/α-hetero) is 1. The first-order chi connectivity index (χ1) is 13.8. The van der Waals surface area contributed by atoms with E-state index in [9.17, 15) is 9.59 Å². The van der Waals surface area contributed by atoms with Crippen LogP contribution in [0.3, 0.4) is 0 Å². The van der Waals surface area contributed by atoms with Crippen LogP contribution in [0.4, 0.5) is 5.82 Å². The number of amides is 1. The van der Waals surface area contributed by atoms with Gasteiger partial charge in [0, 0.05) is 22.6 Å². The Labute approximate surface area is 174 Å². The van der Waals surface area contributed by atoms with Gasteiger partial charge >= 0.3 is 0 Å². The van der Waals surface area contributed by atoms with Crippen LogP contribution in [0.2, 0.25) is 5.02 Å². The van der Waals surface area contributed by atoms with Crippen LogP contribution in [0.15, 0.2) is 36.4 Å². The van der Waals surface area contributed by atoms with Gasteiger partial charge in [-0.25, -0.2) is 4.68 Å². The average molecular weight is 408 g/mol. The maximum absolute atomic E-state index is 13.5. The summed E-state index contributed by atoms with van der Waals surface area (Å²) in [6.07, 6.45) is 0.111. The molecule has 1 aromatic heterocycles. The molecule has 29 heavy (non-hydrogen) atoms. The van der Waals surface area contributed by atoms with Crippen molar-refractivity contribution in [2.45, 2.75) is 40.0 Å². The van der Waals surface area contributed by atoms with Crippen molar-refractivity contribution < 1.29 is 9.59 Å². The van der Waals surface area contributed by atoms with E-state index in [2.05, 4.69) is 10.4 Å². The van der Waals surface area contributed by atoms with Gasteiger partial charge in [-0.05, 0) is 57.0 Å². The third kappa shape index (κ3) is 3.25. The molecule has 0 unspecified atom stereocenters. The number of hydrogen-bond donors (Lipinski definition) is 1. The fraction of sp³-hybridized carbons (Fsp3) is 0.261. The third-order valence-electron chi connectivity index (χ3n) is 5.54. The number of rotatable bonds is 3. The Kier molecular flexibility index (Phi) is 4.79. The van der Waals surface area contributed by atoms with Gasteiger partial charge in [-0.2, -0.15) is 5.10 Å². The second-order valence-electron chi connectivity index (χ2n) is 7.63. The Morgan fingerprint density at radius 2 is 1.93 bits per heavy atom. The molecule has 0 saturated heterocycles. The lowest BCUT2D eigenvalue weighted by atomic mass is 9.84. The quantitative estimate of drug-likeness (QED) is 0.616. The van der Waals surface area contributed by atoms with E-state index in [1.54, 1.807) is 4.68 Å². The normalized spacial score (nSPS) is 15.8. The number of carbonyl (C=O) groups excluding carboxylic acids is 2. The Morgan fingerprint density at radius 1 is 1.17 bits per heavy atom. The summed E-state index contributed by atoms with van der Waals surface area (Å²) in [5.41, 5.74) is 5.71. The van der Waals surface area contributed by atoms with E-state index in [1.165, 1.54) is 0 Å². The van der Waals surface area contributed by atoms with Crippen molar-refractivity contribution in [3.05, 3.63) is 74.9 Å². The van der Waals surface area contributed by atoms with Crippen molar-refractivity contribution in [1.82, 2.24) is 9.78 Å². The number of carbonyl (C=O) groups is 2. The molecule has 0 spiro atoms. The Balaban J connectivity index is 1.87. The summed E-state index contributed by atoms with van der Waals surface area (Å²) in [5.74, 6) is -0.255. The van der Waals surface area contributed by atoms with Gasteiger partial charge in [-0.3, -0.25) is 9.59 Å². The Hall–Kier alpha value is -2.92. The van der Waals surface area contributed by atoms with Crippen LogP contribution in [0, 0.1) is 27.7 Å². The maximum atomic E-state index is 13.5. The number of hydrogen-bond acceptors (Lipinski definition) is 3. The standard InChI is InChI=1S/C23H22ClN3O2/c1-12-8-9-13(2)16(10-12)22(29)17-11-20(28)25-23-21(17)15(4)26-27(23)19-7-5-6-18(24)14(19)3/h5-10,17H,11H2,1-4H3,(H,25,28)/t17-/m1/s1. The molecule has 4 rings (SSSR count). The topological polar surface area (TPSA) is 64.0 Å². The van der Waals surface area contributed by atoms with Gasteiger partial charge in [-0.15, -0.1) is 0 Å². The number of fused-ring (bicyclic) bond motifs is 1. The fourth-order valence-corrected chi connectivity index (χ4v) is 4.13. The molecule has 2 aromatic carbocycles. The molecule has 1 atom stereocenters. The van der Waals surface area contributed by atoms with E-state index < -0.39 is 5.92 Å². The third-order valence-corrected chi connectivity index (χ3v) is 5.95. The fourth-order valence-electron chi connectivity index (χ4n) is 3.96. The molecule has 0 radical (unpaired) electrons. The molecule has 1 N–H and O–H groups in total. The molecular formula is C23H22ClN3O2. The lowest BCUT2D eigenvalue weighted by Crippen LogP contribution is -2.29. The highest BCUT2D eigenvalue weighted by atomic mass is 35.5. The van der Waals surface area contributed by atoms with Gasteiger partial charge < -0.3 is 5.32 Å². The highest BCUT2D eigenvalue weighted by molar-refractivity contribution is 6.31. The number of nitrogens with one attached hydrogen (secondary N) is 1. The first-order valence-corrected chi connectivity index (χ1v) is 9.92. The number of halogens is 1. The van der Waals surface area contributed by atoms with Crippen molar-refractivity contribution in [1.29, 1.82) is 0 Å². The molecule has 0 aliphatic carbocycles. The second kappa shape index (κ2) is 7.16. The predicted octanol–water partition coefficient (Wildman–Crippen LogP) is 5.07. The molecule has 2 heterocycles. The number of nitrogens with zero attached hydrogens (tertiary/aromatic N) is 2. The number of aromatic nitrogens is 2. The summed E-state index contributed by atoms with van der Waals surface area (Å²) in [6, 6.07) is 11.4. The van der Waals surface area contributed by atoms with Crippen LogP contribution < -0.4 is 5.32 Å². The lowest BCUT2D eigenvalue weighted by molar-refractivity contribution is -0.116. The molecule has 148 valence electrons. The molecule has 0 saturated carbocycles. The molecule has 0 bridgehead atoms. The van der Waals surface area contributed by atoms with E-state index in [0.29, 0.717) is 16.4 Å². The molecule has 1 aliphatic heterocycles. The second-order valence-corrected chi connectivity index (χ2v) is 8.04. The van der Waals surface area contributed by atoms with Crippen molar-refractivity contribution in [2.75, 3.05) is 5.32 Å². The summed E-state index contributed by atoms with van der Waals surface area (Å²) >= 11 is 6.29. The SMILES string of the molecule is Cc1ccc(C)c(C(=O)[C@@H]2CC(=O)Nc3c2c(C)nn3-c2cccc(Cl)c2C)c1. The first kappa shape index (κ1) is 19.4. The summed E-state index contributed by atoms with van der Waals surface area (Å²) in [5, 5.41) is 8.20. The van der Waals surface area contributed by atoms with Crippen LogP contribution >= 0.6 is 11.6 Å². The van der Waals surface area contributed by atoms with E-state index in [1.807, 2.05) is 64.1 Å². The van der Waals surface area contributed by atoms with E-state index in [-0.39, 0.29) is 18.1 Å². The van der Waals surface area contributed by atoms with Gasteiger partial charge in [0.1, 0.15) is 5.82 Å². The summed E-state index contributed by atoms with van der Waals surface area (Å²) in [4.78, 5) is 26.0. The van der Waals surface area contributed by atoms with E-state index in [0.717, 1.165) is 33.6 Å². The van der Waals surface area contributed by atoms with Crippen molar-refractivity contribution in [2.24, 2.45) is 0 Å². The Morgan fingerprint density at radius 3 is 2.69 bits per heavy atom. The van der Waals surface area contributed by atoms with Crippen molar-refractivity contribution >= 4 is 29.1 Å². The molecule has 6 heteroatoms.